The number of ether oxygens (including phenoxy) is 2. The van der Waals surface area contributed by atoms with Crippen LogP contribution in [-0.2, 0) is 4.79 Å². The minimum atomic E-state index is -0.411. The van der Waals surface area contributed by atoms with Crippen molar-refractivity contribution < 1.29 is 19.1 Å². The molecule has 126 valence electrons. The van der Waals surface area contributed by atoms with Gasteiger partial charge in [-0.2, -0.15) is 0 Å². The predicted molar refractivity (Wildman–Crippen MR) is 95.3 cm³/mol. The van der Waals surface area contributed by atoms with E-state index >= 15 is 0 Å². The van der Waals surface area contributed by atoms with Gasteiger partial charge < -0.3 is 9.47 Å². The second kappa shape index (κ2) is 8.13. The number of carbonyl (C=O) groups is 2. The number of hydrogen-bond acceptors (Lipinski definition) is 5. The fourth-order valence-corrected chi connectivity index (χ4v) is 3.21. The van der Waals surface area contributed by atoms with E-state index in [1.807, 2.05) is 13.8 Å². The van der Waals surface area contributed by atoms with Crippen LogP contribution in [0.15, 0.2) is 17.0 Å². The van der Waals surface area contributed by atoms with Gasteiger partial charge in [0, 0.05) is 0 Å². The molecule has 0 spiro atoms. The average molecular weight is 366 g/mol. The molecular formula is C17H16ClNO4S. The van der Waals surface area contributed by atoms with Gasteiger partial charge >= 0.3 is 0 Å². The van der Waals surface area contributed by atoms with Crippen LogP contribution in [0.3, 0.4) is 0 Å². The summed E-state index contributed by atoms with van der Waals surface area (Å²) in [4.78, 5) is 25.3. The lowest BCUT2D eigenvalue weighted by Crippen LogP contribution is -2.28. The van der Waals surface area contributed by atoms with Gasteiger partial charge in [0.2, 0.25) is 0 Å². The Labute approximate surface area is 149 Å². The summed E-state index contributed by atoms with van der Waals surface area (Å²) in [6.45, 7) is 4.54. The topological polar surface area (TPSA) is 55.8 Å². The maximum atomic E-state index is 12.2. The van der Waals surface area contributed by atoms with Crippen molar-refractivity contribution in [1.82, 2.24) is 4.90 Å². The zero-order valence-electron chi connectivity index (χ0n) is 13.3. The van der Waals surface area contributed by atoms with Crippen LogP contribution in [0.1, 0.15) is 19.4 Å². The number of benzene rings is 1. The fraction of sp³-hybridized carbons (Fsp3) is 0.294. The first-order chi connectivity index (χ1) is 11.5. The highest BCUT2D eigenvalue weighted by atomic mass is 35.5. The van der Waals surface area contributed by atoms with Crippen LogP contribution in [-0.4, -0.2) is 35.8 Å². The molecule has 5 nitrogen and oxygen atoms in total. The van der Waals surface area contributed by atoms with Crippen molar-refractivity contribution in [2.45, 2.75) is 13.8 Å². The molecule has 0 radical (unpaired) electrons. The number of rotatable bonds is 6. The summed E-state index contributed by atoms with van der Waals surface area (Å²) in [7, 11) is 0. The van der Waals surface area contributed by atoms with Crippen LogP contribution < -0.4 is 9.47 Å². The Morgan fingerprint density at radius 3 is 2.62 bits per heavy atom. The summed E-state index contributed by atoms with van der Waals surface area (Å²) < 4.78 is 11.0. The highest BCUT2D eigenvalue weighted by Gasteiger charge is 2.34. The van der Waals surface area contributed by atoms with Crippen LogP contribution in [0.5, 0.6) is 11.5 Å². The Morgan fingerprint density at radius 1 is 1.29 bits per heavy atom. The monoisotopic (exact) mass is 365 g/mol. The number of carbonyl (C=O) groups excluding carboxylic acids is 2. The molecule has 1 aliphatic heterocycles. The summed E-state index contributed by atoms with van der Waals surface area (Å²) >= 11 is 7.09. The molecule has 0 unspecified atom stereocenters. The first-order valence-corrected chi connectivity index (χ1v) is 8.49. The van der Waals surface area contributed by atoms with E-state index in [2.05, 4.69) is 5.92 Å². The fourth-order valence-electron chi connectivity index (χ4n) is 2.10. The Morgan fingerprint density at radius 2 is 2.00 bits per heavy atom. The lowest BCUT2D eigenvalue weighted by Gasteiger charge is -2.13. The van der Waals surface area contributed by atoms with Crippen molar-refractivity contribution in [3.63, 3.8) is 0 Å². The maximum absolute atomic E-state index is 12.2. The van der Waals surface area contributed by atoms with E-state index in [0.717, 1.165) is 16.7 Å². The Kier molecular flexibility index (Phi) is 6.18. The number of amides is 2. The van der Waals surface area contributed by atoms with Gasteiger partial charge in [0.15, 0.2) is 11.5 Å². The van der Waals surface area contributed by atoms with Crippen molar-refractivity contribution in [2.24, 2.45) is 0 Å². The first-order valence-electron chi connectivity index (χ1n) is 7.29. The van der Waals surface area contributed by atoms with Crippen molar-refractivity contribution in [3.05, 3.63) is 27.6 Å². The predicted octanol–water partition coefficient (Wildman–Crippen LogP) is 3.81. The van der Waals surface area contributed by atoms with E-state index in [4.69, 9.17) is 27.5 Å². The van der Waals surface area contributed by atoms with Gasteiger partial charge in [-0.15, -0.1) is 6.42 Å². The normalized spacial score (nSPS) is 15.8. The molecule has 0 bridgehead atoms. The van der Waals surface area contributed by atoms with Crippen LogP contribution in [0.25, 0.3) is 6.08 Å². The van der Waals surface area contributed by atoms with Crippen molar-refractivity contribution >= 4 is 40.6 Å². The second-order valence-electron chi connectivity index (χ2n) is 4.67. The number of nitrogens with zero attached hydrogens (tertiary/aromatic N) is 1. The molecule has 0 aromatic heterocycles. The second-order valence-corrected chi connectivity index (χ2v) is 6.07. The van der Waals surface area contributed by atoms with Crippen LogP contribution >= 0.6 is 23.4 Å². The largest absolute Gasteiger partial charge is 0.490 e. The lowest BCUT2D eigenvalue weighted by molar-refractivity contribution is -0.122. The lowest BCUT2D eigenvalue weighted by atomic mass is 10.1. The van der Waals surface area contributed by atoms with E-state index in [-0.39, 0.29) is 16.7 Å². The highest BCUT2D eigenvalue weighted by Crippen LogP contribution is 2.39. The number of imide groups is 1. The smallest absolute Gasteiger partial charge is 0.294 e. The van der Waals surface area contributed by atoms with E-state index in [1.54, 1.807) is 18.2 Å². The molecule has 0 saturated carbocycles. The van der Waals surface area contributed by atoms with Gasteiger partial charge in [0.05, 0.1) is 29.7 Å². The van der Waals surface area contributed by atoms with Gasteiger partial charge in [0.25, 0.3) is 11.1 Å². The molecule has 1 saturated heterocycles. The molecular weight excluding hydrogens is 350 g/mol. The minimum absolute atomic E-state index is 0.0454. The van der Waals surface area contributed by atoms with Gasteiger partial charge in [-0.25, -0.2) is 0 Å². The standard InChI is InChI=1S/C17H16ClNO4S/c1-4-7-19-16(20)14(24-17(19)21)10-11-8-12(18)15(23-6-3)13(9-11)22-5-2/h1,8-10H,5-7H2,2-3H3. The van der Waals surface area contributed by atoms with Crippen LogP contribution in [0.2, 0.25) is 5.02 Å². The average Bonchev–Trinajstić information content (AvgIpc) is 2.79. The maximum Gasteiger partial charge on any atom is 0.294 e. The highest BCUT2D eigenvalue weighted by molar-refractivity contribution is 8.18. The Balaban J connectivity index is 2.38. The third-order valence-electron chi connectivity index (χ3n) is 3.04. The zero-order valence-corrected chi connectivity index (χ0v) is 14.9. The number of terminal acetylenes is 1. The summed E-state index contributed by atoms with van der Waals surface area (Å²) in [5.41, 5.74) is 0.637. The molecule has 1 aromatic carbocycles. The van der Waals surface area contributed by atoms with Crippen molar-refractivity contribution in [1.29, 1.82) is 0 Å². The van der Waals surface area contributed by atoms with Crippen LogP contribution in [0, 0.1) is 12.3 Å². The molecule has 2 amide bonds. The van der Waals surface area contributed by atoms with Crippen molar-refractivity contribution in [3.8, 4) is 23.8 Å². The van der Waals surface area contributed by atoms with E-state index in [1.165, 1.54) is 0 Å². The van der Waals surface area contributed by atoms with E-state index in [9.17, 15) is 9.59 Å². The number of hydrogen-bond donors (Lipinski definition) is 0. The SMILES string of the molecule is C#CCN1C(=O)SC(=Cc2cc(Cl)c(OCC)c(OCC)c2)C1=O. The number of halogens is 1. The molecule has 1 aromatic rings. The van der Waals surface area contributed by atoms with E-state index in [0.29, 0.717) is 35.3 Å². The molecule has 0 N–H and O–H groups in total. The summed E-state index contributed by atoms with van der Waals surface area (Å²) in [6.07, 6.45) is 6.77. The van der Waals surface area contributed by atoms with Gasteiger partial charge in [-0.05, 0) is 49.4 Å². The number of thioether (sulfide) groups is 1. The van der Waals surface area contributed by atoms with Gasteiger partial charge in [0.1, 0.15) is 0 Å². The molecule has 24 heavy (non-hydrogen) atoms. The van der Waals surface area contributed by atoms with E-state index < -0.39 is 5.91 Å². The molecule has 2 rings (SSSR count). The molecule has 0 aliphatic carbocycles. The van der Waals surface area contributed by atoms with Gasteiger partial charge in [-0.3, -0.25) is 14.5 Å². The zero-order chi connectivity index (χ0) is 17.7. The molecule has 1 heterocycles. The van der Waals surface area contributed by atoms with Crippen LogP contribution in [0.4, 0.5) is 4.79 Å². The third kappa shape index (κ3) is 3.86. The first kappa shape index (κ1) is 18.2. The molecule has 1 fully saturated rings. The van der Waals surface area contributed by atoms with Gasteiger partial charge in [-0.1, -0.05) is 17.5 Å². The quantitative estimate of drug-likeness (QED) is 0.566. The molecule has 7 heteroatoms. The Bertz CT molecular complexity index is 739. The summed E-state index contributed by atoms with van der Waals surface area (Å²) in [5, 5.41) is -0.0110. The summed E-state index contributed by atoms with van der Waals surface area (Å²) in [6, 6.07) is 3.37. The molecule has 0 atom stereocenters. The Hall–Kier alpha value is -2.10. The molecule has 1 aliphatic rings. The minimum Gasteiger partial charge on any atom is -0.490 e. The van der Waals surface area contributed by atoms with Crippen molar-refractivity contribution in [2.75, 3.05) is 19.8 Å². The third-order valence-corrected chi connectivity index (χ3v) is 4.23. The summed E-state index contributed by atoms with van der Waals surface area (Å²) in [5.74, 6) is 2.83.